The van der Waals surface area contributed by atoms with Gasteiger partial charge in [-0.2, -0.15) is 0 Å². The Kier molecular flexibility index (Phi) is 3.66. The van der Waals surface area contributed by atoms with Crippen LogP contribution in [0.3, 0.4) is 0 Å². The molecule has 1 N–H and O–H groups in total. The lowest BCUT2D eigenvalue weighted by molar-refractivity contribution is -0.311. The minimum atomic E-state index is -1.77. The van der Waals surface area contributed by atoms with E-state index >= 15 is 0 Å². The summed E-state index contributed by atoms with van der Waals surface area (Å²) in [4.78, 5) is 20.9. The number of nitrogens with one attached hydrogen (secondary N) is 1. The standard InChI is InChI=1S/C11H11NO4/c1-12-8-4-2-7(3-5-8)6-9(10(13)14)11(15)16/h2-6,12H,1H3,(H,13,14)(H,15,16)/p-2. The van der Waals surface area contributed by atoms with Crippen LogP contribution in [0.1, 0.15) is 5.56 Å². The van der Waals surface area contributed by atoms with Crippen LogP contribution in [0, 0.1) is 0 Å². The van der Waals surface area contributed by atoms with Crippen molar-refractivity contribution in [2.75, 3.05) is 12.4 Å². The molecule has 0 saturated carbocycles. The number of anilines is 1. The maximum Gasteiger partial charge on any atom is 0.0733 e. The van der Waals surface area contributed by atoms with E-state index in [2.05, 4.69) is 5.32 Å². The Labute approximate surface area is 92.0 Å². The fraction of sp³-hybridized carbons (Fsp3) is 0.0909. The van der Waals surface area contributed by atoms with Gasteiger partial charge in [-0.1, -0.05) is 12.1 Å². The molecule has 1 aromatic rings. The molecule has 0 fully saturated rings. The van der Waals surface area contributed by atoms with Crippen molar-refractivity contribution < 1.29 is 19.8 Å². The molecule has 0 aliphatic rings. The monoisotopic (exact) mass is 219 g/mol. The number of carboxylic acid groups (broad SMARTS) is 2. The van der Waals surface area contributed by atoms with Gasteiger partial charge in [-0.25, -0.2) is 0 Å². The second kappa shape index (κ2) is 4.97. The summed E-state index contributed by atoms with van der Waals surface area (Å²) in [6.45, 7) is 0. The van der Waals surface area contributed by atoms with E-state index in [9.17, 15) is 19.8 Å². The Morgan fingerprint density at radius 1 is 1.12 bits per heavy atom. The van der Waals surface area contributed by atoms with Gasteiger partial charge in [0.15, 0.2) is 0 Å². The zero-order valence-electron chi connectivity index (χ0n) is 8.52. The van der Waals surface area contributed by atoms with Gasteiger partial charge < -0.3 is 25.1 Å². The van der Waals surface area contributed by atoms with Crippen LogP contribution in [0.15, 0.2) is 29.8 Å². The topological polar surface area (TPSA) is 92.3 Å². The molecule has 1 aromatic carbocycles. The van der Waals surface area contributed by atoms with E-state index in [0.717, 1.165) is 11.8 Å². The molecule has 84 valence electrons. The predicted octanol–water partition coefficient (Wildman–Crippen LogP) is -1.39. The first-order valence-electron chi connectivity index (χ1n) is 4.47. The van der Waals surface area contributed by atoms with Gasteiger partial charge >= 0.3 is 0 Å². The average molecular weight is 219 g/mol. The Hall–Kier alpha value is -2.30. The summed E-state index contributed by atoms with van der Waals surface area (Å²) in [6.07, 6.45) is 0.990. The van der Waals surface area contributed by atoms with Crippen molar-refractivity contribution in [1.82, 2.24) is 0 Å². The summed E-state index contributed by atoms with van der Waals surface area (Å²) in [5.41, 5.74) is 0.403. The lowest BCUT2D eigenvalue weighted by Crippen LogP contribution is -2.36. The van der Waals surface area contributed by atoms with E-state index in [-0.39, 0.29) is 0 Å². The number of carbonyl (C=O) groups excluding carboxylic acids is 2. The number of hydrogen-bond donors (Lipinski definition) is 1. The molecule has 0 aromatic heterocycles. The summed E-state index contributed by atoms with van der Waals surface area (Å²) in [5, 5.41) is 23.8. The lowest BCUT2D eigenvalue weighted by Gasteiger charge is -2.09. The van der Waals surface area contributed by atoms with Crippen molar-refractivity contribution in [1.29, 1.82) is 0 Å². The number of hydrogen-bond acceptors (Lipinski definition) is 5. The summed E-state index contributed by atoms with van der Waals surface area (Å²) in [6, 6.07) is 6.54. The lowest BCUT2D eigenvalue weighted by atomic mass is 10.1. The van der Waals surface area contributed by atoms with Crippen molar-refractivity contribution in [3.05, 3.63) is 35.4 Å². The molecule has 0 amide bonds. The molecule has 0 spiro atoms. The molecule has 0 radical (unpaired) electrons. The number of carbonyl (C=O) groups is 2. The molecule has 16 heavy (non-hydrogen) atoms. The molecule has 5 nitrogen and oxygen atoms in total. The van der Waals surface area contributed by atoms with Gasteiger partial charge in [-0.3, -0.25) is 0 Å². The first-order chi connectivity index (χ1) is 7.54. The summed E-state index contributed by atoms with van der Waals surface area (Å²) < 4.78 is 0. The average Bonchev–Trinajstić information content (AvgIpc) is 2.25. The van der Waals surface area contributed by atoms with Gasteiger partial charge in [-0.05, 0) is 23.8 Å². The van der Waals surface area contributed by atoms with E-state index < -0.39 is 17.5 Å². The molecule has 0 atom stereocenters. The molecule has 0 unspecified atom stereocenters. The molecule has 5 heteroatoms. The van der Waals surface area contributed by atoms with Gasteiger partial charge in [0.2, 0.25) is 0 Å². The fourth-order valence-electron chi connectivity index (χ4n) is 1.11. The first-order valence-corrected chi connectivity index (χ1v) is 4.47. The summed E-state index contributed by atoms with van der Waals surface area (Å²) >= 11 is 0. The van der Waals surface area contributed by atoms with E-state index in [4.69, 9.17) is 0 Å². The third-order valence-electron chi connectivity index (χ3n) is 1.95. The van der Waals surface area contributed by atoms with Gasteiger partial charge in [-0.15, -0.1) is 0 Å². The largest absolute Gasteiger partial charge is 0.545 e. The number of carboxylic acids is 2. The smallest absolute Gasteiger partial charge is 0.0733 e. The summed E-state index contributed by atoms with van der Waals surface area (Å²) in [7, 11) is 1.73. The molecule has 0 bridgehead atoms. The van der Waals surface area contributed by atoms with Crippen molar-refractivity contribution in [3.8, 4) is 0 Å². The minimum absolute atomic E-state index is 0.447. The van der Waals surface area contributed by atoms with Crippen molar-refractivity contribution in [3.63, 3.8) is 0 Å². The second-order valence-electron chi connectivity index (χ2n) is 3.00. The third-order valence-corrected chi connectivity index (χ3v) is 1.95. The predicted molar refractivity (Wildman–Crippen MR) is 54.0 cm³/mol. The molecular weight excluding hydrogens is 210 g/mol. The maximum atomic E-state index is 10.5. The third kappa shape index (κ3) is 2.84. The van der Waals surface area contributed by atoms with Crippen LogP contribution in [-0.2, 0) is 9.59 Å². The van der Waals surface area contributed by atoms with Crippen LogP contribution in [0.25, 0.3) is 6.08 Å². The molecule has 1 rings (SSSR count). The SMILES string of the molecule is CNc1ccc(C=C(C(=O)[O-])C(=O)[O-])cc1. The second-order valence-corrected chi connectivity index (χ2v) is 3.00. The van der Waals surface area contributed by atoms with E-state index in [0.29, 0.717) is 5.56 Å². The van der Waals surface area contributed by atoms with Crippen LogP contribution in [-0.4, -0.2) is 19.0 Å². The molecule has 0 aliphatic carbocycles. The Morgan fingerprint density at radius 2 is 1.62 bits per heavy atom. The van der Waals surface area contributed by atoms with Crippen LogP contribution < -0.4 is 15.5 Å². The number of benzene rings is 1. The maximum absolute atomic E-state index is 10.5. The molecule has 0 aliphatic heterocycles. The highest BCUT2D eigenvalue weighted by Gasteiger charge is 2.00. The number of rotatable bonds is 4. The zero-order chi connectivity index (χ0) is 12.1. The zero-order valence-corrected chi connectivity index (χ0v) is 8.52. The number of aliphatic carboxylic acids is 2. The Morgan fingerprint density at radius 3 is 2.00 bits per heavy atom. The highest BCUT2D eigenvalue weighted by Crippen LogP contribution is 2.11. The first kappa shape index (κ1) is 11.8. The summed E-state index contributed by atoms with van der Waals surface area (Å²) in [5.74, 6) is -3.53. The Balaban J connectivity index is 3.04. The van der Waals surface area contributed by atoms with Gasteiger partial charge in [0.05, 0.1) is 11.9 Å². The van der Waals surface area contributed by atoms with Gasteiger partial charge in [0.1, 0.15) is 0 Å². The van der Waals surface area contributed by atoms with Crippen LogP contribution in [0.4, 0.5) is 5.69 Å². The quantitative estimate of drug-likeness (QED) is 0.382. The van der Waals surface area contributed by atoms with Crippen LogP contribution in [0.2, 0.25) is 0 Å². The van der Waals surface area contributed by atoms with Gasteiger partial charge in [0.25, 0.3) is 0 Å². The van der Waals surface area contributed by atoms with Crippen molar-refractivity contribution in [2.45, 2.75) is 0 Å². The van der Waals surface area contributed by atoms with Crippen LogP contribution in [0.5, 0.6) is 0 Å². The molecular formula is C11H9NO4-2. The minimum Gasteiger partial charge on any atom is -0.545 e. The van der Waals surface area contributed by atoms with Crippen molar-refractivity contribution >= 4 is 23.7 Å². The van der Waals surface area contributed by atoms with E-state index in [1.807, 2.05) is 0 Å². The normalized spacial score (nSPS) is 9.31. The Bertz CT molecular complexity index is 418. The van der Waals surface area contributed by atoms with Crippen molar-refractivity contribution in [2.24, 2.45) is 0 Å². The highest BCUT2D eigenvalue weighted by atomic mass is 16.4. The van der Waals surface area contributed by atoms with Crippen LogP contribution >= 0.6 is 0 Å². The molecule has 0 saturated heterocycles. The highest BCUT2D eigenvalue weighted by molar-refractivity contribution is 6.14. The van der Waals surface area contributed by atoms with E-state index in [1.165, 1.54) is 0 Å². The fourth-order valence-corrected chi connectivity index (χ4v) is 1.11. The van der Waals surface area contributed by atoms with Gasteiger partial charge in [0, 0.05) is 18.3 Å². The van der Waals surface area contributed by atoms with E-state index in [1.54, 1.807) is 31.3 Å². The molecule has 0 heterocycles.